The van der Waals surface area contributed by atoms with Gasteiger partial charge in [0.2, 0.25) is 0 Å². The number of nitrogens with two attached hydrogens (primary N) is 1. The van der Waals surface area contributed by atoms with E-state index >= 15 is 0 Å². The Kier molecular flexibility index (Phi) is 7.08. The van der Waals surface area contributed by atoms with E-state index in [4.69, 9.17) is 10.2 Å². The second-order valence-corrected chi connectivity index (χ2v) is 5.10. The summed E-state index contributed by atoms with van der Waals surface area (Å²) in [6.07, 6.45) is 1.36. The van der Waals surface area contributed by atoms with E-state index in [2.05, 4.69) is 5.32 Å². The zero-order valence-corrected chi connectivity index (χ0v) is 14.2. The summed E-state index contributed by atoms with van der Waals surface area (Å²) in [6.45, 7) is -1.75. The molecule has 0 aliphatic heterocycles. The van der Waals surface area contributed by atoms with Crippen molar-refractivity contribution in [1.29, 1.82) is 0 Å². The maximum absolute atomic E-state index is 13.2. The van der Waals surface area contributed by atoms with Crippen molar-refractivity contribution in [3.63, 3.8) is 0 Å². The van der Waals surface area contributed by atoms with Gasteiger partial charge >= 0.3 is 0 Å². The molecule has 3 N–H and O–H groups in total. The Morgan fingerprint density at radius 1 is 1.24 bits per heavy atom. The van der Waals surface area contributed by atoms with E-state index in [-0.39, 0.29) is 29.4 Å². The molecule has 0 unspecified atom stereocenters. The molecule has 0 saturated carbocycles. The van der Waals surface area contributed by atoms with E-state index in [9.17, 15) is 18.4 Å². The molecule has 1 aromatic heterocycles. The lowest BCUT2D eigenvalue weighted by Crippen LogP contribution is -2.42. The van der Waals surface area contributed by atoms with Crippen LogP contribution in [-0.2, 0) is 0 Å². The zero-order valence-electron chi connectivity index (χ0n) is 13.4. The van der Waals surface area contributed by atoms with Gasteiger partial charge in [-0.2, -0.15) is 0 Å². The van der Waals surface area contributed by atoms with Crippen molar-refractivity contribution in [2.75, 3.05) is 25.0 Å². The first-order valence-corrected chi connectivity index (χ1v) is 7.12. The average molecular weight is 374 g/mol. The summed E-state index contributed by atoms with van der Waals surface area (Å²) in [5.74, 6) is -4.28. The number of hydrogen-bond acceptors (Lipinski definition) is 4. The van der Waals surface area contributed by atoms with Gasteiger partial charge in [0.25, 0.3) is 17.7 Å². The topological polar surface area (TPSA) is 88.6 Å². The highest BCUT2D eigenvalue weighted by Crippen LogP contribution is 2.21. The van der Waals surface area contributed by atoms with Crippen molar-refractivity contribution in [3.05, 3.63) is 54.0 Å². The number of amides is 2. The highest BCUT2D eigenvalue weighted by molar-refractivity contribution is 6.09. The summed E-state index contributed by atoms with van der Waals surface area (Å²) in [5.41, 5.74) is 5.30. The minimum Gasteiger partial charge on any atom is -0.459 e. The van der Waals surface area contributed by atoms with Crippen LogP contribution in [0.5, 0.6) is 0 Å². The van der Waals surface area contributed by atoms with Crippen LogP contribution in [0, 0.1) is 0 Å². The number of nitrogens with one attached hydrogen (secondary N) is 1. The third kappa shape index (κ3) is 5.01. The number of anilines is 1. The maximum Gasteiger partial charge on any atom is 0.293 e. The van der Waals surface area contributed by atoms with Gasteiger partial charge in [-0.05, 0) is 24.3 Å². The Labute approximate surface area is 149 Å². The lowest BCUT2D eigenvalue weighted by Gasteiger charge is -2.20. The smallest absolute Gasteiger partial charge is 0.293 e. The molecule has 0 atom stereocenters. The third-order valence-electron chi connectivity index (χ3n) is 3.35. The standard InChI is InChI=1S/C16H17F2N3O3.ClH/c1-21(15(23)13-7-4-8-24-13)12-6-3-2-5-11(12)14(22)20-10-16(17,18)9-19;/h2-8H,9-10,19H2,1H3,(H,20,22);1H. The predicted molar refractivity (Wildman–Crippen MR) is 91.5 cm³/mol. The molecule has 0 fully saturated rings. The van der Waals surface area contributed by atoms with Crippen LogP contribution in [0.25, 0.3) is 0 Å². The molecule has 2 aromatic rings. The Morgan fingerprint density at radius 2 is 1.92 bits per heavy atom. The molecule has 0 spiro atoms. The van der Waals surface area contributed by atoms with Crippen LogP contribution in [0.2, 0.25) is 0 Å². The first-order chi connectivity index (χ1) is 11.4. The van der Waals surface area contributed by atoms with Crippen molar-refractivity contribution in [3.8, 4) is 0 Å². The van der Waals surface area contributed by atoms with Crippen LogP contribution in [0.3, 0.4) is 0 Å². The molecule has 0 aliphatic rings. The number of nitrogens with zero attached hydrogens (tertiary/aromatic N) is 1. The van der Waals surface area contributed by atoms with Gasteiger partial charge in [0, 0.05) is 7.05 Å². The fourth-order valence-corrected chi connectivity index (χ4v) is 2.01. The molecule has 25 heavy (non-hydrogen) atoms. The van der Waals surface area contributed by atoms with Crippen LogP contribution >= 0.6 is 12.4 Å². The van der Waals surface area contributed by atoms with Gasteiger partial charge in [-0.3, -0.25) is 9.59 Å². The van der Waals surface area contributed by atoms with Crippen molar-refractivity contribution in [1.82, 2.24) is 5.32 Å². The van der Waals surface area contributed by atoms with Gasteiger partial charge in [0.05, 0.1) is 30.6 Å². The van der Waals surface area contributed by atoms with Crippen LogP contribution in [0.15, 0.2) is 47.1 Å². The van der Waals surface area contributed by atoms with E-state index in [1.54, 1.807) is 18.2 Å². The zero-order chi connectivity index (χ0) is 17.7. The molecular formula is C16H18ClF2N3O3. The van der Waals surface area contributed by atoms with Gasteiger partial charge in [-0.15, -0.1) is 12.4 Å². The second-order valence-electron chi connectivity index (χ2n) is 5.10. The molecule has 0 saturated heterocycles. The molecule has 2 amide bonds. The number of furan rings is 1. The van der Waals surface area contributed by atoms with Crippen LogP contribution in [-0.4, -0.2) is 37.9 Å². The molecular weight excluding hydrogens is 356 g/mol. The van der Waals surface area contributed by atoms with E-state index < -0.39 is 30.8 Å². The monoisotopic (exact) mass is 373 g/mol. The van der Waals surface area contributed by atoms with E-state index in [0.717, 1.165) is 0 Å². The number of alkyl halides is 2. The molecule has 1 heterocycles. The first kappa shape index (κ1) is 20.6. The van der Waals surface area contributed by atoms with Crippen molar-refractivity contribution >= 4 is 29.9 Å². The lowest BCUT2D eigenvalue weighted by atomic mass is 10.1. The summed E-state index contributed by atoms with van der Waals surface area (Å²) in [5, 5.41) is 2.13. The highest BCUT2D eigenvalue weighted by Gasteiger charge is 2.28. The number of halogens is 3. The van der Waals surface area contributed by atoms with Gasteiger partial charge in [0.1, 0.15) is 0 Å². The fourth-order valence-electron chi connectivity index (χ4n) is 2.01. The van der Waals surface area contributed by atoms with Crippen molar-refractivity contribution in [2.45, 2.75) is 5.92 Å². The molecule has 1 aromatic carbocycles. The second kappa shape index (κ2) is 8.59. The van der Waals surface area contributed by atoms with Crippen LogP contribution in [0.4, 0.5) is 14.5 Å². The number of benzene rings is 1. The minimum absolute atomic E-state index is 0. The number of para-hydroxylation sites is 1. The predicted octanol–water partition coefficient (Wildman–Crippen LogP) is 2.30. The summed E-state index contributed by atoms with van der Waals surface area (Å²) in [6, 6.07) is 9.24. The molecule has 2 rings (SSSR count). The average Bonchev–Trinajstić information content (AvgIpc) is 3.13. The van der Waals surface area contributed by atoms with Gasteiger partial charge in [0.15, 0.2) is 5.76 Å². The third-order valence-corrected chi connectivity index (χ3v) is 3.35. The van der Waals surface area contributed by atoms with E-state index in [1.807, 2.05) is 0 Å². The number of carbonyl (C=O) groups is 2. The molecule has 136 valence electrons. The first-order valence-electron chi connectivity index (χ1n) is 7.12. The molecule has 9 heteroatoms. The summed E-state index contributed by atoms with van der Waals surface area (Å²) >= 11 is 0. The molecule has 0 bridgehead atoms. The molecule has 0 radical (unpaired) electrons. The van der Waals surface area contributed by atoms with Crippen molar-refractivity contribution < 1.29 is 22.8 Å². The van der Waals surface area contributed by atoms with Crippen LogP contribution < -0.4 is 16.0 Å². The SMILES string of the molecule is CN(C(=O)c1ccco1)c1ccccc1C(=O)NCC(F)(F)CN.Cl. The quantitative estimate of drug-likeness (QED) is 0.813. The Balaban J connectivity index is 0.00000312. The molecule has 0 aliphatic carbocycles. The summed E-state index contributed by atoms with van der Waals surface area (Å²) < 4.78 is 31.4. The van der Waals surface area contributed by atoms with Gasteiger partial charge in [-0.1, -0.05) is 12.1 Å². The Hall–Kier alpha value is -2.45. The lowest BCUT2D eigenvalue weighted by molar-refractivity contribution is 0.0118. The minimum atomic E-state index is -3.19. The highest BCUT2D eigenvalue weighted by atomic mass is 35.5. The maximum atomic E-state index is 13.2. The fraction of sp³-hybridized carbons (Fsp3) is 0.250. The number of rotatable bonds is 6. The number of hydrogen-bond donors (Lipinski definition) is 2. The summed E-state index contributed by atoms with van der Waals surface area (Å²) in [7, 11) is 1.46. The molecule has 6 nitrogen and oxygen atoms in total. The van der Waals surface area contributed by atoms with E-state index in [0.29, 0.717) is 0 Å². The van der Waals surface area contributed by atoms with Crippen LogP contribution in [0.1, 0.15) is 20.9 Å². The Bertz CT molecular complexity index is 723. The van der Waals surface area contributed by atoms with E-state index in [1.165, 1.54) is 36.4 Å². The summed E-state index contributed by atoms with van der Waals surface area (Å²) in [4.78, 5) is 25.7. The van der Waals surface area contributed by atoms with Gasteiger partial charge < -0.3 is 20.4 Å². The number of carbonyl (C=O) groups excluding carboxylic acids is 2. The van der Waals surface area contributed by atoms with Gasteiger partial charge in [-0.25, -0.2) is 8.78 Å². The normalized spacial score (nSPS) is 10.7. The largest absolute Gasteiger partial charge is 0.459 e. The Morgan fingerprint density at radius 3 is 2.52 bits per heavy atom. The van der Waals surface area contributed by atoms with Crippen molar-refractivity contribution in [2.24, 2.45) is 5.73 Å².